The highest BCUT2D eigenvalue weighted by molar-refractivity contribution is 7.99. The Balaban J connectivity index is 1.45. The number of hydrogen-bond acceptors (Lipinski definition) is 4. The maximum absolute atomic E-state index is 13.7. The summed E-state index contributed by atoms with van der Waals surface area (Å²) in [7, 11) is 0. The number of carbonyl (C=O) groups is 1. The van der Waals surface area contributed by atoms with Crippen molar-refractivity contribution in [2.24, 2.45) is 0 Å². The van der Waals surface area contributed by atoms with Crippen LogP contribution in [0.25, 0.3) is 0 Å². The van der Waals surface area contributed by atoms with Crippen LogP contribution in [-0.2, 0) is 11.3 Å². The fraction of sp³-hybridized carbons (Fsp3) is 0.250. The van der Waals surface area contributed by atoms with Crippen LogP contribution in [0.2, 0.25) is 0 Å². The number of nitrogens with one attached hydrogen (secondary N) is 1. The number of carbonyl (C=O) groups excluding carboxylic acids is 1. The third kappa shape index (κ3) is 4.39. The first-order chi connectivity index (χ1) is 13.6. The van der Waals surface area contributed by atoms with Crippen LogP contribution in [0.5, 0.6) is 0 Å². The van der Waals surface area contributed by atoms with Gasteiger partial charge in [0.05, 0.1) is 18.0 Å². The third-order valence-corrected chi connectivity index (χ3v) is 5.37. The van der Waals surface area contributed by atoms with Crippen molar-refractivity contribution >= 4 is 23.4 Å². The quantitative estimate of drug-likeness (QED) is 0.604. The van der Waals surface area contributed by atoms with E-state index in [-0.39, 0.29) is 11.4 Å². The van der Waals surface area contributed by atoms with E-state index in [0.29, 0.717) is 17.6 Å². The number of halogens is 2. The second-order valence-electron chi connectivity index (χ2n) is 6.65. The second-order valence-corrected chi connectivity index (χ2v) is 7.59. The first-order valence-corrected chi connectivity index (χ1v) is 9.93. The Bertz CT molecular complexity index is 989. The molecule has 0 spiro atoms. The molecule has 0 saturated heterocycles. The molecule has 0 bridgehead atoms. The Labute approximate surface area is 165 Å². The van der Waals surface area contributed by atoms with Gasteiger partial charge in [0.15, 0.2) is 5.16 Å². The van der Waals surface area contributed by atoms with Crippen LogP contribution in [0.1, 0.15) is 30.1 Å². The normalized spacial score (nSPS) is 13.5. The van der Waals surface area contributed by atoms with Gasteiger partial charge in [-0.25, -0.2) is 8.78 Å². The second kappa shape index (κ2) is 8.10. The Morgan fingerprint density at radius 1 is 1.14 bits per heavy atom. The van der Waals surface area contributed by atoms with Gasteiger partial charge in [0.2, 0.25) is 5.91 Å². The highest BCUT2D eigenvalue weighted by Gasteiger charge is 2.30. The van der Waals surface area contributed by atoms with Crippen molar-refractivity contribution in [2.75, 3.05) is 11.1 Å². The molecule has 0 atom stereocenters. The maximum atomic E-state index is 13.7. The molecular weight excluding hydrogens is 382 g/mol. The molecule has 144 valence electrons. The molecule has 1 heterocycles. The van der Waals surface area contributed by atoms with Crippen molar-refractivity contribution in [1.82, 2.24) is 14.8 Å². The standard InChI is InChI=1S/C20H18F2N4OS/c21-15-8-9-16(22)17(10-15)23-18(27)12-28-20-25-24-19(14-6-7-14)26(20)11-13-4-2-1-3-5-13/h1-5,8-10,14H,6-7,11-12H2,(H,23,27). The van der Waals surface area contributed by atoms with E-state index in [4.69, 9.17) is 0 Å². The fourth-order valence-corrected chi connectivity index (χ4v) is 3.62. The van der Waals surface area contributed by atoms with Crippen molar-refractivity contribution in [3.05, 3.63) is 71.6 Å². The van der Waals surface area contributed by atoms with Gasteiger partial charge in [0.1, 0.15) is 17.5 Å². The van der Waals surface area contributed by atoms with Gasteiger partial charge in [-0.05, 0) is 30.5 Å². The number of aromatic nitrogens is 3. The molecule has 3 aromatic rings. The summed E-state index contributed by atoms with van der Waals surface area (Å²) in [6, 6.07) is 12.9. The van der Waals surface area contributed by atoms with Gasteiger partial charge in [0, 0.05) is 12.0 Å². The van der Waals surface area contributed by atoms with Crippen LogP contribution >= 0.6 is 11.8 Å². The average molecular weight is 400 g/mol. The third-order valence-electron chi connectivity index (χ3n) is 4.41. The zero-order valence-corrected chi connectivity index (χ0v) is 15.8. The number of rotatable bonds is 7. The SMILES string of the molecule is O=C(CSc1nnc(C2CC2)n1Cc1ccccc1)Nc1cc(F)ccc1F. The molecule has 0 radical (unpaired) electrons. The van der Waals surface area contributed by atoms with Gasteiger partial charge in [-0.2, -0.15) is 0 Å². The van der Waals surface area contributed by atoms with E-state index in [9.17, 15) is 13.6 Å². The highest BCUT2D eigenvalue weighted by Crippen LogP contribution is 2.40. The molecule has 4 rings (SSSR count). The summed E-state index contributed by atoms with van der Waals surface area (Å²) < 4.78 is 29.0. The Morgan fingerprint density at radius 3 is 2.68 bits per heavy atom. The smallest absolute Gasteiger partial charge is 0.234 e. The van der Waals surface area contributed by atoms with Crippen LogP contribution in [0.4, 0.5) is 14.5 Å². The van der Waals surface area contributed by atoms with Crippen molar-refractivity contribution in [1.29, 1.82) is 0 Å². The molecule has 1 N–H and O–H groups in total. The lowest BCUT2D eigenvalue weighted by atomic mass is 10.2. The molecule has 1 aliphatic carbocycles. The molecule has 0 unspecified atom stereocenters. The van der Waals surface area contributed by atoms with E-state index >= 15 is 0 Å². The van der Waals surface area contributed by atoms with E-state index in [1.807, 2.05) is 34.9 Å². The van der Waals surface area contributed by atoms with Crippen LogP contribution in [-0.4, -0.2) is 26.4 Å². The van der Waals surface area contributed by atoms with Gasteiger partial charge >= 0.3 is 0 Å². The summed E-state index contributed by atoms with van der Waals surface area (Å²) in [6.45, 7) is 0.627. The summed E-state index contributed by atoms with van der Waals surface area (Å²) in [5.41, 5.74) is 0.951. The molecule has 1 saturated carbocycles. The van der Waals surface area contributed by atoms with E-state index < -0.39 is 17.5 Å². The van der Waals surface area contributed by atoms with Crippen molar-refractivity contribution in [3.8, 4) is 0 Å². The topological polar surface area (TPSA) is 59.8 Å². The van der Waals surface area contributed by atoms with E-state index in [1.54, 1.807) is 0 Å². The summed E-state index contributed by atoms with van der Waals surface area (Å²) in [5, 5.41) is 11.6. The van der Waals surface area contributed by atoms with Crippen molar-refractivity contribution in [2.45, 2.75) is 30.5 Å². The Morgan fingerprint density at radius 2 is 1.93 bits per heavy atom. The van der Waals surface area contributed by atoms with Crippen molar-refractivity contribution in [3.63, 3.8) is 0 Å². The van der Waals surface area contributed by atoms with Gasteiger partial charge in [-0.3, -0.25) is 4.79 Å². The summed E-state index contributed by atoms with van der Waals surface area (Å²) >= 11 is 1.23. The van der Waals surface area contributed by atoms with E-state index in [1.165, 1.54) is 11.8 Å². The zero-order valence-electron chi connectivity index (χ0n) is 14.9. The molecule has 28 heavy (non-hydrogen) atoms. The average Bonchev–Trinajstić information content (AvgIpc) is 3.46. The van der Waals surface area contributed by atoms with Crippen LogP contribution in [0.3, 0.4) is 0 Å². The first-order valence-electron chi connectivity index (χ1n) is 8.95. The Hall–Kier alpha value is -2.74. The minimum atomic E-state index is -0.678. The molecule has 5 nitrogen and oxygen atoms in total. The highest BCUT2D eigenvalue weighted by atomic mass is 32.2. The largest absolute Gasteiger partial charge is 0.323 e. The molecular formula is C20H18F2N4OS. The summed E-state index contributed by atoms with van der Waals surface area (Å²) in [6.07, 6.45) is 2.19. The number of anilines is 1. The van der Waals surface area contributed by atoms with Crippen LogP contribution < -0.4 is 5.32 Å². The lowest BCUT2D eigenvalue weighted by Gasteiger charge is -2.10. The number of benzene rings is 2. The van der Waals surface area contributed by atoms with Crippen LogP contribution in [0.15, 0.2) is 53.7 Å². The van der Waals surface area contributed by atoms with Crippen molar-refractivity contribution < 1.29 is 13.6 Å². The minimum absolute atomic E-state index is 0.0214. The molecule has 1 fully saturated rings. The molecule has 1 aromatic heterocycles. The predicted octanol–water partition coefficient (Wildman–Crippen LogP) is 4.21. The predicted molar refractivity (Wildman–Crippen MR) is 103 cm³/mol. The first kappa shape index (κ1) is 18.6. The molecule has 2 aromatic carbocycles. The summed E-state index contributed by atoms with van der Waals surface area (Å²) in [5.74, 6) is -0.349. The number of amides is 1. The van der Waals surface area contributed by atoms with E-state index in [0.717, 1.165) is 42.4 Å². The van der Waals surface area contributed by atoms with Gasteiger partial charge in [-0.1, -0.05) is 42.1 Å². The zero-order chi connectivity index (χ0) is 19.5. The van der Waals surface area contributed by atoms with Gasteiger partial charge in [0.25, 0.3) is 0 Å². The number of thioether (sulfide) groups is 1. The lowest BCUT2D eigenvalue weighted by Crippen LogP contribution is -2.16. The summed E-state index contributed by atoms with van der Waals surface area (Å²) in [4.78, 5) is 12.2. The lowest BCUT2D eigenvalue weighted by molar-refractivity contribution is -0.113. The molecule has 1 amide bonds. The van der Waals surface area contributed by atoms with Gasteiger partial charge < -0.3 is 9.88 Å². The molecule has 0 aliphatic heterocycles. The van der Waals surface area contributed by atoms with Gasteiger partial charge in [-0.15, -0.1) is 10.2 Å². The molecule has 8 heteroatoms. The number of nitrogens with zero attached hydrogens (tertiary/aromatic N) is 3. The fourth-order valence-electron chi connectivity index (χ4n) is 2.87. The molecule has 1 aliphatic rings. The monoisotopic (exact) mass is 400 g/mol. The maximum Gasteiger partial charge on any atom is 0.234 e. The Kier molecular flexibility index (Phi) is 5.38. The minimum Gasteiger partial charge on any atom is -0.323 e. The van der Waals surface area contributed by atoms with E-state index in [2.05, 4.69) is 15.5 Å². The van der Waals surface area contributed by atoms with Crippen LogP contribution in [0, 0.1) is 11.6 Å². The number of hydrogen-bond donors (Lipinski definition) is 1.